The fourth-order valence-corrected chi connectivity index (χ4v) is 2.16. The molecule has 0 radical (unpaired) electrons. The van der Waals surface area contributed by atoms with Crippen molar-refractivity contribution in [3.63, 3.8) is 0 Å². The van der Waals surface area contributed by atoms with Crippen molar-refractivity contribution in [1.29, 1.82) is 0 Å². The lowest BCUT2D eigenvalue weighted by atomic mass is 10.2. The van der Waals surface area contributed by atoms with Crippen LogP contribution in [0.5, 0.6) is 11.5 Å². The number of ether oxygens (including phenoxy) is 2. The Kier molecular flexibility index (Phi) is 5.20. The Morgan fingerprint density at radius 1 is 1.16 bits per heavy atom. The highest BCUT2D eigenvalue weighted by atomic mass is 19.1. The van der Waals surface area contributed by atoms with Crippen LogP contribution in [0.25, 0.3) is 11.4 Å². The molecule has 3 rings (SSSR count). The van der Waals surface area contributed by atoms with Gasteiger partial charge in [0.1, 0.15) is 30.0 Å². The first-order chi connectivity index (χ1) is 12.1. The molecule has 1 heterocycles. The molecular weight excluding hydrogens is 327 g/mol. The van der Waals surface area contributed by atoms with E-state index in [0.29, 0.717) is 17.3 Å². The van der Waals surface area contributed by atoms with Gasteiger partial charge in [-0.05, 0) is 41.6 Å². The number of benzene rings is 2. The van der Waals surface area contributed by atoms with Gasteiger partial charge in [0.2, 0.25) is 5.82 Å². The van der Waals surface area contributed by atoms with E-state index in [1.165, 1.54) is 29.1 Å². The Hall–Kier alpha value is -3.00. The number of aliphatic hydroxyl groups is 1. The number of rotatable bonds is 7. The van der Waals surface area contributed by atoms with E-state index in [9.17, 15) is 9.50 Å². The first-order valence-electron chi connectivity index (χ1n) is 7.63. The number of hydrogen-bond donors (Lipinski definition) is 1. The van der Waals surface area contributed by atoms with Gasteiger partial charge in [-0.1, -0.05) is 12.1 Å². The zero-order valence-corrected chi connectivity index (χ0v) is 13.5. The summed E-state index contributed by atoms with van der Waals surface area (Å²) in [6.07, 6.45) is -0.836. The van der Waals surface area contributed by atoms with E-state index in [-0.39, 0.29) is 19.0 Å². The third kappa shape index (κ3) is 4.51. The minimum absolute atomic E-state index is 0.0294. The van der Waals surface area contributed by atoms with Crippen LogP contribution in [0.1, 0.15) is 0 Å². The number of tetrazole rings is 1. The summed E-state index contributed by atoms with van der Waals surface area (Å²) < 4.78 is 23.4. The molecule has 2 aromatic carbocycles. The fourth-order valence-electron chi connectivity index (χ4n) is 2.16. The van der Waals surface area contributed by atoms with Gasteiger partial charge in [0, 0.05) is 5.56 Å². The average Bonchev–Trinajstić information content (AvgIpc) is 3.10. The van der Waals surface area contributed by atoms with Gasteiger partial charge in [0.05, 0.1) is 13.7 Å². The molecule has 1 atom stereocenters. The van der Waals surface area contributed by atoms with E-state index >= 15 is 0 Å². The van der Waals surface area contributed by atoms with Crippen molar-refractivity contribution in [3.8, 4) is 22.9 Å². The van der Waals surface area contributed by atoms with E-state index in [2.05, 4.69) is 15.4 Å². The summed E-state index contributed by atoms with van der Waals surface area (Å²) >= 11 is 0. The van der Waals surface area contributed by atoms with Gasteiger partial charge in [-0.15, -0.1) is 10.2 Å². The molecule has 0 aliphatic carbocycles. The van der Waals surface area contributed by atoms with Gasteiger partial charge in [-0.2, -0.15) is 4.80 Å². The van der Waals surface area contributed by atoms with Crippen LogP contribution in [0.3, 0.4) is 0 Å². The number of hydrogen-bond acceptors (Lipinski definition) is 6. The van der Waals surface area contributed by atoms with Crippen molar-refractivity contribution in [2.75, 3.05) is 13.7 Å². The third-order valence-electron chi connectivity index (χ3n) is 3.41. The second-order valence-corrected chi connectivity index (χ2v) is 5.32. The fraction of sp³-hybridized carbons (Fsp3) is 0.235. The Morgan fingerprint density at radius 3 is 2.72 bits per heavy atom. The number of aliphatic hydroxyl groups excluding tert-OH is 1. The van der Waals surface area contributed by atoms with Crippen LogP contribution in [0.4, 0.5) is 4.39 Å². The molecule has 1 aromatic heterocycles. The number of halogens is 1. The molecule has 3 aromatic rings. The Morgan fingerprint density at radius 2 is 1.96 bits per heavy atom. The van der Waals surface area contributed by atoms with Crippen molar-refractivity contribution in [2.24, 2.45) is 0 Å². The normalized spacial score (nSPS) is 12.0. The van der Waals surface area contributed by atoms with Crippen LogP contribution >= 0.6 is 0 Å². The minimum atomic E-state index is -0.836. The maximum atomic E-state index is 12.8. The number of methoxy groups -OCH3 is 1. The predicted molar refractivity (Wildman–Crippen MR) is 87.7 cm³/mol. The zero-order chi connectivity index (χ0) is 17.6. The molecule has 0 saturated heterocycles. The zero-order valence-electron chi connectivity index (χ0n) is 13.5. The maximum Gasteiger partial charge on any atom is 0.205 e. The molecule has 0 fully saturated rings. The van der Waals surface area contributed by atoms with E-state index in [0.717, 1.165) is 5.56 Å². The SMILES string of the molecule is COc1cccc(-c2nnn(CC(O)COc3ccc(F)cc3)n2)c1. The third-order valence-corrected chi connectivity index (χ3v) is 3.41. The molecular formula is C17H17FN4O3. The van der Waals surface area contributed by atoms with E-state index in [1.54, 1.807) is 13.2 Å². The van der Waals surface area contributed by atoms with Crippen LogP contribution in [-0.2, 0) is 6.54 Å². The van der Waals surface area contributed by atoms with Crippen molar-refractivity contribution in [2.45, 2.75) is 12.6 Å². The van der Waals surface area contributed by atoms with Crippen LogP contribution in [0.15, 0.2) is 48.5 Å². The lowest BCUT2D eigenvalue weighted by molar-refractivity contribution is 0.0849. The van der Waals surface area contributed by atoms with E-state index < -0.39 is 6.10 Å². The molecule has 0 saturated carbocycles. The Labute approximate surface area is 143 Å². The summed E-state index contributed by atoms with van der Waals surface area (Å²) in [7, 11) is 1.58. The Balaban J connectivity index is 1.57. The Bertz CT molecular complexity index is 823. The van der Waals surface area contributed by atoms with Crippen molar-refractivity contribution in [3.05, 3.63) is 54.3 Å². The monoisotopic (exact) mass is 344 g/mol. The highest BCUT2D eigenvalue weighted by Gasteiger charge is 2.11. The first-order valence-corrected chi connectivity index (χ1v) is 7.63. The van der Waals surface area contributed by atoms with Crippen LogP contribution in [-0.4, -0.2) is 45.1 Å². The number of aromatic nitrogens is 4. The standard InChI is InChI=1S/C17H17FN4O3/c1-24-16-4-2-3-12(9-16)17-19-21-22(20-17)10-14(23)11-25-15-7-5-13(18)6-8-15/h2-9,14,23H,10-11H2,1H3. The highest BCUT2D eigenvalue weighted by molar-refractivity contribution is 5.56. The molecule has 1 unspecified atom stereocenters. The molecule has 8 heteroatoms. The summed E-state index contributed by atoms with van der Waals surface area (Å²) in [5.41, 5.74) is 0.766. The highest BCUT2D eigenvalue weighted by Crippen LogP contribution is 2.19. The van der Waals surface area contributed by atoms with Crippen molar-refractivity contribution >= 4 is 0 Å². The van der Waals surface area contributed by atoms with Crippen molar-refractivity contribution < 1.29 is 19.0 Å². The van der Waals surface area contributed by atoms with E-state index in [1.807, 2.05) is 18.2 Å². The largest absolute Gasteiger partial charge is 0.497 e. The second kappa shape index (κ2) is 7.71. The molecule has 25 heavy (non-hydrogen) atoms. The molecule has 7 nitrogen and oxygen atoms in total. The summed E-state index contributed by atoms with van der Waals surface area (Å²) in [5.74, 6) is 1.26. The number of nitrogens with zero attached hydrogens (tertiary/aromatic N) is 4. The van der Waals surface area contributed by atoms with Gasteiger partial charge >= 0.3 is 0 Å². The molecule has 0 aliphatic rings. The van der Waals surface area contributed by atoms with Gasteiger partial charge < -0.3 is 14.6 Å². The summed E-state index contributed by atoms with van der Waals surface area (Å²) in [4.78, 5) is 1.30. The second-order valence-electron chi connectivity index (χ2n) is 5.32. The predicted octanol–water partition coefficient (Wildman–Crippen LogP) is 1.93. The molecule has 0 aliphatic heterocycles. The lowest BCUT2D eigenvalue weighted by Crippen LogP contribution is -2.25. The van der Waals surface area contributed by atoms with Crippen molar-refractivity contribution in [1.82, 2.24) is 20.2 Å². The summed E-state index contributed by atoms with van der Waals surface area (Å²) in [6.45, 7) is 0.153. The smallest absolute Gasteiger partial charge is 0.205 e. The van der Waals surface area contributed by atoms with Crippen LogP contribution in [0.2, 0.25) is 0 Å². The maximum absolute atomic E-state index is 12.8. The van der Waals surface area contributed by atoms with Gasteiger partial charge in [-0.25, -0.2) is 4.39 Å². The average molecular weight is 344 g/mol. The first kappa shape index (κ1) is 16.8. The topological polar surface area (TPSA) is 82.3 Å². The summed E-state index contributed by atoms with van der Waals surface area (Å²) in [5, 5.41) is 22.2. The molecule has 0 bridgehead atoms. The molecule has 130 valence electrons. The molecule has 0 amide bonds. The molecule has 0 spiro atoms. The van der Waals surface area contributed by atoms with Crippen LogP contribution < -0.4 is 9.47 Å². The summed E-state index contributed by atoms with van der Waals surface area (Å²) in [6, 6.07) is 12.9. The van der Waals surface area contributed by atoms with E-state index in [4.69, 9.17) is 9.47 Å². The van der Waals surface area contributed by atoms with Crippen LogP contribution in [0, 0.1) is 5.82 Å². The van der Waals surface area contributed by atoms with Gasteiger partial charge in [0.25, 0.3) is 0 Å². The molecule has 1 N–H and O–H groups in total. The lowest BCUT2D eigenvalue weighted by Gasteiger charge is -2.11. The minimum Gasteiger partial charge on any atom is -0.497 e. The van der Waals surface area contributed by atoms with Gasteiger partial charge in [0.15, 0.2) is 0 Å². The quantitative estimate of drug-likeness (QED) is 0.705. The van der Waals surface area contributed by atoms with Gasteiger partial charge in [-0.3, -0.25) is 0 Å².